The van der Waals surface area contributed by atoms with E-state index in [0.717, 1.165) is 7.11 Å². The molecule has 1 unspecified atom stereocenters. The molecule has 0 radical (unpaired) electrons. The van der Waals surface area contributed by atoms with E-state index in [-0.39, 0.29) is 12.0 Å². The fourth-order valence-corrected chi connectivity index (χ4v) is 1.76. The average molecular weight is 308 g/mol. The largest absolute Gasteiger partial charge is 0.466 e. The minimum absolute atomic E-state index is 0.165. The summed E-state index contributed by atoms with van der Waals surface area (Å²) < 4.78 is 43.0. The van der Waals surface area contributed by atoms with Gasteiger partial charge < -0.3 is 10.1 Å². The molecule has 3 amide bonds. The lowest BCUT2D eigenvalue weighted by molar-refractivity contribution is -0.190. The van der Waals surface area contributed by atoms with E-state index in [4.69, 9.17) is 0 Å². The van der Waals surface area contributed by atoms with Gasteiger partial charge in [0.2, 0.25) is 5.54 Å². The van der Waals surface area contributed by atoms with Crippen LogP contribution in [0.5, 0.6) is 0 Å². The maximum atomic E-state index is 12.8. The number of hydrogen-bond donors (Lipinski definition) is 1. The molecule has 1 aliphatic heterocycles. The number of carbonyl (C=O) groups is 3. The number of alkyl halides is 3. The van der Waals surface area contributed by atoms with E-state index < -0.39 is 36.2 Å². The van der Waals surface area contributed by atoms with Crippen molar-refractivity contribution in [1.82, 2.24) is 10.2 Å². The van der Waals surface area contributed by atoms with Crippen LogP contribution in [0.15, 0.2) is 11.6 Å². The van der Waals surface area contributed by atoms with Gasteiger partial charge in [0, 0.05) is 12.1 Å². The quantitative estimate of drug-likeness (QED) is 0.483. The minimum atomic E-state index is -4.91. The van der Waals surface area contributed by atoms with Crippen molar-refractivity contribution in [3.05, 3.63) is 11.6 Å². The maximum absolute atomic E-state index is 12.8. The molecular formula is C12H15F3N2O4. The zero-order chi connectivity index (χ0) is 16.4. The molecule has 1 rings (SSSR count). The molecule has 1 aliphatic rings. The van der Waals surface area contributed by atoms with Gasteiger partial charge in [0.25, 0.3) is 5.91 Å². The van der Waals surface area contributed by atoms with Gasteiger partial charge in [0.15, 0.2) is 0 Å². The Morgan fingerprint density at radius 3 is 2.38 bits per heavy atom. The highest BCUT2D eigenvalue weighted by molar-refractivity contribution is 6.07. The van der Waals surface area contributed by atoms with Gasteiger partial charge in [0.05, 0.1) is 7.11 Å². The average Bonchev–Trinajstić information content (AvgIpc) is 2.62. The van der Waals surface area contributed by atoms with Gasteiger partial charge in [-0.15, -0.1) is 0 Å². The van der Waals surface area contributed by atoms with E-state index in [0.29, 0.717) is 11.8 Å². The molecule has 0 aliphatic carbocycles. The van der Waals surface area contributed by atoms with Gasteiger partial charge >= 0.3 is 18.2 Å². The van der Waals surface area contributed by atoms with E-state index in [1.807, 2.05) is 0 Å². The molecule has 0 bridgehead atoms. The number of hydrogen-bond acceptors (Lipinski definition) is 4. The summed E-state index contributed by atoms with van der Waals surface area (Å²) >= 11 is 0. The number of methoxy groups -OCH3 is 1. The molecule has 1 heterocycles. The predicted octanol–water partition coefficient (Wildman–Crippen LogP) is 1.37. The van der Waals surface area contributed by atoms with Crippen LogP contribution in [0.4, 0.5) is 18.0 Å². The van der Waals surface area contributed by atoms with Crippen molar-refractivity contribution in [1.29, 1.82) is 0 Å². The van der Waals surface area contributed by atoms with Crippen molar-refractivity contribution in [3.63, 3.8) is 0 Å². The smallest absolute Gasteiger partial charge is 0.420 e. The van der Waals surface area contributed by atoms with Crippen LogP contribution in [-0.2, 0) is 14.3 Å². The Morgan fingerprint density at radius 2 is 2.00 bits per heavy atom. The Hall–Kier alpha value is -2.06. The lowest BCUT2D eigenvalue weighted by Crippen LogP contribution is -2.56. The molecule has 118 valence electrons. The summed E-state index contributed by atoms with van der Waals surface area (Å²) in [6.45, 7) is 1.79. The van der Waals surface area contributed by atoms with Gasteiger partial charge in [0.1, 0.15) is 0 Å². The molecule has 9 heteroatoms. The third kappa shape index (κ3) is 3.01. The first-order valence-electron chi connectivity index (χ1n) is 6.06. The third-order valence-corrected chi connectivity index (χ3v) is 3.19. The van der Waals surface area contributed by atoms with E-state index >= 15 is 0 Å². The Bertz CT molecular complexity index is 501. The van der Waals surface area contributed by atoms with Gasteiger partial charge in [-0.2, -0.15) is 13.2 Å². The van der Waals surface area contributed by atoms with Crippen molar-refractivity contribution in [2.24, 2.45) is 0 Å². The summed E-state index contributed by atoms with van der Waals surface area (Å²) in [5, 5.41) is 1.62. The SMILES string of the molecule is CCC(=CCN1C(=O)NC(C)(C(F)(F)F)C1=O)C(=O)OC. The molecular weight excluding hydrogens is 293 g/mol. The Labute approximate surface area is 118 Å². The van der Waals surface area contributed by atoms with Crippen molar-refractivity contribution >= 4 is 17.9 Å². The maximum Gasteiger partial charge on any atom is 0.420 e. The van der Waals surface area contributed by atoms with Crippen molar-refractivity contribution in [2.45, 2.75) is 32.0 Å². The first kappa shape index (κ1) is 17.0. The van der Waals surface area contributed by atoms with Gasteiger partial charge in [-0.3, -0.25) is 9.69 Å². The predicted molar refractivity (Wildman–Crippen MR) is 65.1 cm³/mol. The highest BCUT2D eigenvalue weighted by atomic mass is 19.4. The van der Waals surface area contributed by atoms with Crippen LogP contribution in [0.1, 0.15) is 20.3 Å². The number of halogens is 3. The monoisotopic (exact) mass is 308 g/mol. The van der Waals surface area contributed by atoms with E-state index in [2.05, 4.69) is 4.74 Å². The second-order valence-electron chi connectivity index (χ2n) is 4.54. The number of nitrogens with one attached hydrogen (secondary N) is 1. The lowest BCUT2D eigenvalue weighted by atomic mass is 10.0. The molecule has 1 fully saturated rings. The van der Waals surface area contributed by atoms with Crippen LogP contribution in [0.3, 0.4) is 0 Å². The lowest BCUT2D eigenvalue weighted by Gasteiger charge is -2.24. The third-order valence-electron chi connectivity index (χ3n) is 3.19. The second kappa shape index (κ2) is 5.74. The van der Waals surface area contributed by atoms with Crippen molar-refractivity contribution < 1.29 is 32.3 Å². The fraction of sp³-hybridized carbons (Fsp3) is 0.583. The molecule has 6 nitrogen and oxygen atoms in total. The summed E-state index contributed by atoms with van der Waals surface area (Å²) in [5.41, 5.74) is -2.78. The highest BCUT2D eigenvalue weighted by Crippen LogP contribution is 2.35. The number of imide groups is 1. The highest BCUT2D eigenvalue weighted by Gasteiger charge is 2.64. The first-order chi connectivity index (χ1) is 9.58. The number of rotatable bonds is 4. The normalized spacial score (nSPS) is 23.3. The number of esters is 1. The zero-order valence-corrected chi connectivity index (χ0v) is 11.7. The summed E-state index contributed by atoms with van der Waals surface area (Å²) in [5.74, 6) is -2.07. The van der Waals surface area contributed by atoms with Gasteiger partial charge in [-0.25, -0.2) is 9.59 Å². The van der Waals surface area contributed by atoms with E-state index in [1.54, 1.807) is 12.2 Å². The molecule has 0 aromatic heterocycles. The van der Waals surface area contributed by atoms with Crippen LogP contribution < -0.4 is 5.32 Å². The topological polar surface area (TPSA) is 75.7 Å². The second-order valence-corrected chi connectivity index (χ2v) is 4.54. The molecule has 0 aromatic carbocycles. The zero-order valence-electron chi connectivity index (χ0n) is 11.7. The Morgan fingerprint density at radius 1 is 1.43 bits per heavy atom. The van der Waals surface area contributed by atoms with Crippen LogP contribution in [0.25, 0.3) is 0 Å². The van der Waals surface area contributed by atoms with E-state index in [1.165, 1.54) is 6.08 Å². The summed E-state index contributed by atoms with van der Waals surface area (Å²) in [4.78, 5) is 35.1. The molecule has 1 saturated heterocycles. The molecule has 0 spiro atoms. The Balaban J connectivity index is 2.96. The van der Waals surface area contributed by atoms with Gasteiger partial charge in [-0.1, -0.05) is 13.0 Å². The number of carbonyl (C=O) groups excluding carboxylic acids is 3. The number of ether oxygens (including phenoxy) is 1. The van der Waals surface area contributed by atoms with Crippen LogP contribution in [-0.4, -0.2) is 48.2 Å². The van der Waals surface area contributed by atoms with Crippen LogP contribution >= 0.6 is 0 Å². The summed E-state index contributed by atoms with van der Waals surface area (Å²) in [7, 11) is 1.15. The van der Waals surface area contributed by atoms with Crippen LogP contribution in [0.2, 0.25) is 0 Å². The minimum Gasteiger partial charge on any atom is -0.466 e. The summed E-state index contributed by atoms with van der Waals surface area (Å²) in [6.07, 6.45) is -3.45. The molecule has 0 saturated carbocycles. The number of amides is 3. The fourth-order valence-electron chi connectivity index (χ4n) is 1.76. The summed E-state index contributed by atoms with van der Waals surface area (Å²) in [6, 6.07) is -1.16. The number of nitrogens with zero attached hydrogens (tertiary/aromatic N) is 1. The van der Waals surface area contributed by atoms with Gasteiger partial charge in [-0.05, 0) is 13.3 Å². The molecule has 1 N–H and O–H groups in total. The standard InChI is InChI=1S/C12H15F3N2O4/c1-4-7(8(18)21-3)5-6-17-9(19)11(2,12(13,14)15)16-10(17)20/h5H,4,6H2,1-3H3,(H,16,20). The van der Waals surface area contributed by atoms with Crippen LogP contribution in [0, 0.1) is 0 Å². The first-order valence-corrected chi connectivity index (χ1v) is 6.06. The van der Waals surface area contributed by atoms with Crippen molar-refractivity contribution in [3.8, 4) is 0 Å². The van der Waals surface area contributed by atoms with E-state index in [9.17, 15) is 27.6 Å². The molecule has 21 heavy (non-hydrogen) atoms. The molecule has 1 atom stereocenters. The number of urea groups is 1. The molecule has 0 aromatic rings. The van der Waals surface area contributed by atoms with Crippen molar-refractivity contribution in [2.75, 3.05) is 13.7 Å². The Kier molecular flexibility index (Phi) is 4.65.